The van der Waals surface area contributed by atoms with Crippen LogP contribution in [-0.4, -0.2) is 29.4 Å². The van der Waals surface area contributed by atoms with Gasteiger partial charge in [0.05, 0.1) is 6.61 Å². The summed E-state index contributed by atoms with van der Waals surface area (Å²) in [4.78, 5) is 26.1. The van der Waals surface area contributed by atoms with Gasteiger partial charge in [-0.2, -0.15) is 0 Å². The van der Waals surface area contributed by atoms with Gasteiger partial charge >= 0.3 is 5.97 Å². The van der Waals surface area contributed by atoms with Crippen LogP contribution in [-0.2, 0) is 16.1 Å². The topological polar surface area (TPSA) is 46.6 Å². The molecular formula is C16H21NO3. The molecule has 4 heteroatoms. The first kappa shape index (κ1) is 14.6. The molecule has 2 rings (SSSR count). The van der Waals surface area contributed by atoms with Gasteiger partial charge < -0.3 is 9.64 Å². The highest BCUT2D eigenvalue weighted by molar-refractivity contribution is 6.00. The quantitative estimate of drug-likeness (QED) is 0.776. The van der Waals surface area contributed by atoms with Gasteiger partial charge in [-0.25, -0.2) is 4.79 Å². The van der Waals surface area contributed by atoms with Crippen LogP contribution < -0.4 is 0 Å². The number of amides is 1. The zero-order valence-corrected chi connectivity index (χ0v) is 12.3. The van der Waals surface area contributed by atoms with Crippen LogP contribution in [0.4, 0.5) is 0 Å². The van der Waals surface area contributed by atoms with Crippen molar-refractivity contribution in [2.24, 2.45) is 5.92 Å². The van der Waals surface area contributed by atoms with Crippen LogP contribution in [0.15, 0.2) is 24.3 Å². The molecule has 20 heavy (non-hydrogen) atoms. The SMILES string of the molecule is CCC(C(=O)OCC(C)C)N1Cc2ccccc2C1=O. The van der Waals surface area contributed by atoms with E-state index in [0.29, 0.717) is 31.1 Å². The van der Waals surface area contributed by atoms with Gasteiger partial charge in [-0.15, -0.1) is 0 Å². The Morgan fingerprint density at radius 2 is 2.05 bits per heavy atom. The number of carbonyl (C=O) groups excluding carboxylic acids is 2. The molecular weight excluding hydrogens is 254 g/mol. The van der Waals surface area contributed by atoms with Crippen LogP contribution >= 0.6 is 0 Å². The molecule has 0 spiro atoms. The number of hydrogen-bond donors (Lipinski definition) is 0. The normalized spacial score (nSPS) is 15.4. The van der Waals surface area contributed by atoms with Crippen LogP contribution in [0.5, 0.6) is 0 Å². The predicted octanol–water partition coefficient (Wildman–Crippen LogP) is 2.62. The Hall–Kier alpha value is -1.84. The highest BCUT2D eigenvalue weighted by Gasteiger charge is 2.35. The molecule has 1 aromatic rings. The molecule has 0 saturated carbocycles. The Kier molecular flexibility index (Phi) is 4.42. The maximum atomic E-state index is 12.4. The van der Waals surface area contributed by atoms with Gasteiger partial charge in [-0.3, -0.25) is 4.79 Å². The number of fused-ring (bicyclic) bond motifs is 1. The summed E-state index contributed by atoms with van der Waals surface area (Å²) < 4.78 is 5.28. The van der Waals surface area contributed by atoms with Crippen LogP contribution in [0.2, 0.25) is 0 Å². The minimum absolute atomic E-state index is 0.0750. The number of hydrogen-bond acceptors (Lipinski definition) is 3. The highest BCUT2D eigenvalue weighted by atomic mass is 16.5. The van der Waals surface area contributed by atoms with Gasteiger partial charge in [0.1, 0.15) is 6.04 Å². The standard InChI is InChI=1S/C16H21NO3/c1-4-14(16(19)20-10-11(2)3)17-9-12-7-5-6-8-13(12)15(17)18/h5-8,11,14H,4,9-10H2,1-3H3. The van der Waals surface area contributed by atoms with E-state index in [4.69, 9.17) is 4.74 Å². The molecule has 1 heterocycles. The summed E-state index contributed by atoms with van der Waals surface area (Å²) in [6, 6.07) is 7.00. The van der Waals surface area contributed by atoms with E-state index < -0.39 is 6.04 Å². The smallest absolute Gasteiger partial charge is 0.328 e. The van der Waals surface area contributed by atoms with E-state index >= 15 is 0 Å². The van der Waals surface area contributed by atoms with E-state index in [9.17, 15) is 9.59 Å². The molecule has 0 aromatic heterocycles. The zero-order chi connectivity index (χ0) is 14.7. The molecule has 1 atom stereocenters. The van der Waals surface area contributed by atoms with Crippen LogP contribution in [0.1, 0.15) is 43.1 Å². The Balaban J connectivity index is 2.10. The molecule has 1 aromatic carbocycles. The van der Waals surface area contributed by atoms with Crippen molar-refractivity contribution >= 4 is 11.9 Å². The largest absolute Gasteiger partial charge is 0.464 e. The third-order valence-electron chi connectivity index (χ3n) is 3.44. The molecule has 0 bridgehead atoms. The lowest BCUT2D eigenvalue weighted by molar-refractivity contribution is -0.150. The van der Waals surface area contributed by atoms with E-state index in [1.165, 1.54) is 0 Å². The molecule has 1 aliphatic rings. The summed E-state index contributed by atoms with van der Waals surface area (Å²) in [5, 5.41) is 0. The number of rotatable bonds is 5. The third-order valence-corrected chi connectivity index (χ3v) is 3.44. The predicted molar refractivity (Wildman–Crippen MR) is 76.2 cm³/mol. The summed E-state index contributed by atoms with van der Waals surface area (Å²) >= 11 is 0. The van der Waals surface area contributed by atoms with Crippen LogP contribution in [0.25, 0.3) is 0 Å². The van der Waals surface area contributed by atoms with Gasteiger partial charge in [0, 0.05) is 12.1 Å². The van der Waals surface area contributed by atoms with Gasteiger partial charge in [0.2, 0.25) is 0 Å². The van der Waals surface area contributed by atoms with Crippen molar-refractivity contribution in [1.29, 1.82) is 0 Å². The lowest BCUT2D eigenvalue weighted by Crippen LogP contribution is -2.42. The minimum atomic E-state index is -0.492. The van der Waals surface area contributed by atoms with Crippen LogP contribution in [0, 0.1) is 5.92 Å². The maximum absolute atomic E-state index is 12.4. The number of nitrogens with zero attached hydrogens (tertiary/aromatic N) is 1. The highest BCUT2D eigenvalue weighted by Crippen LogP contribution is 2.25. The lowest BCUT2D eigenvalue weighted by Gasteiger charge is -2.25. The Labute approximate surface area is 119 Å². The van der Waals surface area contributed by atoms with Crippen molar-refractivity contribution in [3.05, 3.63) is 35.4 Å². The first-order valence-electron chi connectivity index (χ1n) is 7.10. The molecule has 4 nitrogen and oxygen atoms in total. The van der Waals surface area contributed by atoms with Crippen molar-refractivity contribution in [2.45, 2.75) is 39.8 Å². The maximum Gasteiger partial charge on any atom is 0.328 e. The second kappa shape index (κ2) is 6.07. The second-order valence-corrected chi connectivity index (χ2v) is 5.54. The molecule has 0 N–H and O–H groups in total. The molecule has 1 amide bonds. The van der Waals surface area contributed by atoms with E-state index in [1.807, 2.05) is 45.0 Å². The summed E-state index contributed by atoms with van der Waals surface area (Å²) in [5.74, 6) is -0.0840. The minimum Gasteiger partial charge on any atom is -0.464 e. The number of ether oxygens (including phenoxy) is 1. The van der Waals surface area contributed by atoms with Crippen molar-refractivity contribution < 1.29 is 14.3 Å². The van der Waals surface area contributed by atoms with Gasteiger partial charge in [0.25, 0.3) is 5.91 Å². The lowest BCUT2D eigenvalue weighted by atomic mass is 10.1. The first-order chi connectivity index (χ1) is 9.54. The summed E-state index contributed by atoms with van der Waals surface area (Å²) in [6.45, 7) is 6.77. The first-order valence-corrected chi connectivity index (χ1v) is 7.10. The van der Waals surface area contributed by atoms with Gasteiger partial charge in [-0.1, -0.05) is 39.0 Å². The second-order valence-electron chi connectivity index (χ2n) is 5.54. The average molecular weight is 275 g/mol. The van der Waals surface area contributed by atoms with Crippen molar-refractivity contribution in [3.8, 4) is 0 Å². The van der Waals surface area contributed by atoms with Crippen molar-refractivity contribution in [2.75, 3.05) is 6.61 Å². The monoisotopic (exact) mass is 275 g/mol. The van der Waals surface area contributed by atoms with E-state index in [1.54, 1.807) is 4.90 Å². The molecule has 0 saturated heterocycles. The Morgan fingerprint density at radius 1 is 1.35 bits per heavy atom. The Bertz CT molecular complexity index is 510. The van der Waals surface area contributed by atoms with Gasteiger partial charge in [0.15, 0.2) is 0 Å². The number of esters is 1. The third kappa shape index (κ3) is 2.84. The molecule has 0 radical (unpaired) electrons. The number of carbonyl (C=O) groups is 2. The molecule has 1 unspecified atom stereocenters. The van der Waals surface area contributed by atoms with Crippen molar-refractivity contribution in [1.82, 2.24) is 4.90 Å². The van der Waals surface area contributed by atoms with Crippen LogP contribution in [0.3, 0.4) is 0 Å². The summed E-state index contributed by atoms with van der Waals surface area (Å²) in [5.41, 5.74) is 1.68. The van der Waals surface area contributed by atoms with E-state index in [0.717, 1.165) is 5.56 Å². The molecule has 0 aliphatic carbocycles. The number of benzene rings is 1. The van der Waals surface area contributed by atoms with Gasteiger partial charge in [-0.05, 0) is 24.0 Å². The fourth-order valence-electron chi connectivity index (χ4n) is 2.39. The summed E-state index contributed by atoms with van der Waals surface area (Å²) in [7, 11) is 0. The van der Waals surface area contributed by atoms with E-state index in [-0.39, 0.29) is 11.9 Å². The van der Waals surface area contributed by atoms with E-state index in [2.05, 4.69) is 0 Å². The molecule has 1 aliphatic heterocycles. The fourth-order valence-corrected chi connectivity index (χ4v) is 2.39. The molecule has 0 fully saturated rings. The Morgan fingerprint density at radius 3 is 2.65 bits per heavy atom. The average Bonchev–Trinajstić information content (AvgIpc) is 2.75. The zero-order valence-electron chi connectivity index (χ0n) is 12.3. The fraction of sp³-hybridized carbons (Fsp3) is 0.500. The van der Waals surface area contributed by atoms with Crippen molar-refractivity contribution in [3.63, 3.8) is 0 Å². The molecule has 108 valence electrons. The summed E-state index contributed by atoms with van der Waals surface area (Å²) in [6.07, 6.45) is 0.566.